The van der Waals surface area contributed by atoms with Crippen LogP contribution in [0.15, 0.2) is 48.7 Å². The Balaban J connectivity index is 1.27. The highest BCUT2D eigenvalue weighted by Gasteiger charge is 2.36. The van der Waals surface area contributed by atoms with Gasteiger partial charge in [0, 0.05) is 31.3 Å². The number of nitrogens with zero attached hydrogens (tertiary/aromatic N) is 3. The summed E-state index contributed by atoms with van der Waals surface area (Å²) in [5.74, 6) is 0.990. The number of hydrogen-bond acceptors (Lipinski definition) is 5. The Labute approximate surface area is 189 Å². The summed E-state index contributed by atoms with van der Waals surface area (Å²) in [6, 6.07) is 13.1. The molecule has 0 radical (unpaired) electrons. The lowest BCUT2D eigenvalue weighted by atomic mass is 10.1. The molecule has 2 aliphatic rings. The molecular weight excluding hydrogens is 404 g/mol. The monoisotopic (exact) mass is 436 g/mol. The van der Waals surface area contributed by atoms with Gasteiger partial charge in [0.15, 0.2) is 11.6 Å². The molecule has 0 aliphatic carbocycles. The molecule has 4 rings (SSSR count). The molecule has 2 aliphatic heterocycles. The van der Waals surface area contributed by atoms with Gasteiger partial charge < -0.3 is 15.0 Å². The van der Waals surface area contributed by atoms with Gasteiger partial charge in [-0.3, -0.25) is 14.5 Å². The second-order valence-electron chi connectivity index (χ2n) is 8.43. The van der Waals surface area contributed by atoms with E-state index >= 15 is 0 Å². The largest absolute Gasteiger partial charge is 0.472 e. The lowest BCUT2D eigenvalue weighted by molar-refractivity contribution is -0.127. The molecule has 1 aromatic heterocycles. The number of nitrogens with one attached hydrogen (secondary N) is 1. The fourth-order valence-corrected chi connectivity index (χ4v) is 4.35. The molecule has 1 aromatic carbocycles. The Kier molecular flexibility index (Phi) is 7.72. The van der Waals surface area contributed by atoms with Gasteiger partial charge in [-0.15, -0.1) is 0 Å². The maximum Gasteiger partial charge on any atom is 0.274 e. The van der Waals surface area contributed by atoms with Crippen molar-refractivity contribution in [1.82, 2.24) is 15.2 Å². The minimum Gasteiger partial charge on any atom is -0.472 e. The van der Waals surface area contributed by atoms with E-state index in [4.69, 9.17) is 4.74 Å². The zero-order valence-corrected chi connectivity index (χ0v) is 18.5. The van der Waals surface area contributed by atoms with Gasteiger partial charge in [0.25, 0.3) is 5.91 Å². The van der Waals surface area contributed by atoms with Crippen molar-refractivity contribution in [1.29, 1.82) is 0 Å². The second-order valence-corrected chi connectivity index (χ2v) is 8.43. The number of rotatable bonds is 9. The van der Waals surface area contributed by atoms with E-state index in [1.807, 2.05) is 36.4 Å². The Morgan fingerprint density at radius 3 is 2.66 bits per heavy atom. The number of amides is 2. The van der Waals surface area contributed by atoms with Crippen molar-refractivity contribution in [3.8, 4) is 5.75 Å². The van der Waals surface area contributed by atoms with Gasteiger partial charge in [-0.1, -0.05) is 36.8 Å². The Bertz CT molecular complexity index is 899. The maximum absolute atomic E-state index is 13.2. The minimum absolute atomic E-state index is 0.0326. The van der Waals surface area contributed by atoms with Crippen LogP contribution in [0.4, 0.5) is 5.82 Å². The summed E-state index contributed by atoms with van der Waals surface area (Å²) in [5.41, 5.74) is 0.809. The van der Waals surface area contributed by atoms with E-state index in [-0.39, 0.29) is 11.8 Å². The van der Waals surface area contributed by atoms with Crippen molar-refractivity contribution in [2.75, 3.05) is 37.6 Å². The topological polar surface area (TPSA) is 74.8 Å². The molecule has 1 atom stereocenters. The number of pyridine rings is 1. The Hall–Kier alpha value is -2.93. The van der Waals surface area contributed by atoms with Crippen LogP contribution >= 0.6 is 0 Å². The van der Waals surface area contributed by atoms with Gasteiger partial charge in [-0.2, -0.15) is 0 Å². The molecule has 0 unspecified atom stereocenters. The highest BCUT2D eigenvalue weighted by Crippen LogP contribution is 2.37. The van der Waals surface area contributed by atoms with Crippen LogP contribution < -0.4 is 15.0 Å². The Morgan fingerprint density at radius 2 is 1.84 bits per heavy atom. The summed E-state index contributed by atoms with van der Waals surface area (Å²) in [6.45, 7) is 4.54. The van der Waals surface area contributed by atoms with Crippen LogP contribution in [0.2, 0.25) is 0 Å². The molecule has 7 nitrogen and oxygen atoms in total. The van der Waals surface area contributed by atoms with Gasteiger partial charge >= 0.3 is 0 Å². The van der Waals surface area contributed by atoms with Gasteiger partial charge in [-0.05, 0) is 57.5 Å². The molecular formula is C25H32N4O3. The molecule has 0 bridgehead atoms. The van der Waals surface area contributed by atoms with Crippen molar-refractivity contribution >= 4 is 17.6 Å². The third kappa shape index (κ3) is 5.65. The number of aromatic nitrogens is 1. The third-order valence-corrected chi connectivity index (χ3v) is 6.05. The van der Waals surface area contributed by atoms with Crippen molar-refractivity contribution in [3.63, 3.8) is 0 Å². The van der Waals surface area contributed by atoms with Crippen molar-refractivity contribution < 1.29 is 14.3 Å². The molecule has 1 saturated heterocycles. The zero-order valence-electron chi connectivity index (χ0n) is 18.5. The highest BCUT2D eigenvalue weighted by molar-refractivity contribution is 5.99. The number of ether oxygens (including phenoxy) is 1. The number of benzene rings is 1. The first kappa shape index (κ1) is 22.3. The van der Waals surface area contributed by atoms with Crippen molar-refractivity contribution in [2.45, 2.75) is 44.6 Å². The lowest BCUT2D eigenvalue weighted by Gasteiger charge is -2.33. The SMILES string of the molecule is O=C(CCCN1C(=O)[C@@H](c2ccccc2)Oc2cccnc21)NCCCN1CCCCC1. The molecule has 3 heterocycles. The smallest absolute Gasteiger partial charge is 0.274 e. The van der Waals surface area contributed by atoms with Gasteiger partial charge in [0.2, 0.25) is 12.0 Å². The van der Waals surface area contributed by atoms with Crippen LogP contribution in [-0.2, 0) is 9.59 Å². The maximum atomic E-state index is 13.2. The summed E-state index contributed by atoms with van der Waals surface area (Å²) in [4.78, 5) is 34.0. The van der Waals surface area contributed by atoms with E-state index in [9.17, 15) is 9.59 Å². The summed E-state index contributed by atoms with van der Waals surface area (Å²) < 4.78 is 5.97. The number of piperidine rings is 1. The third-order valence-electron chi connectivity index (χ3n) is 6.05. The second kappa shape index (κ2) is 11.1. The average Bonchev–Trinajstić information content (AvgIpc) is 2.84. The number of carbonyl (C=O) groups is 2. The Morgan fingerprint density at radius 1 is 1.03 bits per heavy atom. The van der Waals surface area contributed by atoms with Crippen molar-refractivity contribution in [2.24, 2.45) is 0 Å². The van der Waals surface area contributed by atoms with E-state index in [0.717, 1.165) is 18.5 Å². The van der Waals surface area contributed by atoms with Crippen LogP contribution in [0, 0.1) is 0 Å². The molecule has 2 aromatic rings. The molecule has 0 saturated carbocycles. The van der Waals surface area contributed by atoms with Crippen LogP contribution in [0.1, 0.15) is 50.2 Å². The first-order chi connectivity index (χ1) is 15.7. The quantitative estimate of drug-likeness (QED) is 0.611. The fourth-order valence-electron chi connectivity index (χ4n) is 4.35. The number of hydrogen-bond donors (Lipinski definition) is 1. The van der Waals surface area contributed by atoms with Crippen LogP contribution in [0.3, 0.4) is 0 Å². The molecule has 170 valence electrons. The average molecular weight is 437 g/mol. The van der Waals surface area contributed by atoms with Gasteiger partial charge in [0.1, 0.15) is 0 Å². The first-order valence-electron chi connectivity index (χ1n) is 11.7. The van der Waals surface area contributed by atoms with E-state index < -0.39 is 6.10 Å². The van der Waals surface area contributed by atoms with E-state index in [1.165, 1.54) is 32.4 Å². The van der Waals surface area contributed by atoms with Gasteiger partial charge in [0.05, 0.1) is 0 Å². The van der Waals surface area contributed by atoms with Crippen LogP contribution in [0.25, 0.3) is 0 Å². The van der Waals surface area contributed by atoms with Crippen LogP contribution in [-0.4, -0.2) is 54.4 Å². The van der Waals surface area contributed by atoms with Crippen LogP contribution in [0.5, 0.6) is 5.75 Å². The summed E-state index contributed by atoms with van der Waals surface area (Å²) in [7, 11) is 0. The molecule has 7 heteroatoms. The molecule has 1 fully saturated rings. The van der Waals surface area contributed by atoms with Crippen molar-refractivity contribution in [3.05, 3.63) is 54.2 Å². The predicted octanol–water partition coefficient (Wildman–Crippen LogP) is 3.32. The number of anilines is 1. The summed E-state index contributed by atoms with van der Waals surface area (Å²) in [5, 5.41) is 3.02. The lowest BCUT2D eigenvalue weighted by Crippen LogP contribution is -2.42. The zero-order chi connectivity index (χ0) is 22.2. The minimum atomic E-state index is -0.698. The molecule has 1 N–H and O–H groups in total. The van der Waals surface area contributed by atoms with E-state index in [0.29, 0.717) is 37.5 Å². The van der Waals surface area contributed by atoms with Gasteiger partial charge in [-0.25, -0.2) is 4.98 Å². The molecule has 0 spiro atoms. The molecule has 2 amide bonds. The number of fused-ring (bicyclic) bond motifs is 1. The fraction of sp³-hybridized carbons (Fsp3) is 0.480. The number of likely N-dealkylation sites (tertiary alicyclic amines) is 1. The molecule has 32 heavy (non-hydrogen) atoms. The normalized spacial score (nSPS) is 18.7. The number of carbonyl (C=O) groups excluding carboxylic acids is 2. The highest BCUT2D eigenvalue weighted by atomic mass is 16.5. The first-order valence-corrected chi connectivity index (χ1v) is 11.7. The van der Waals surface area contributed by atoms with E-state index in [1.54, 1.807) is 17.2 Å². The standard InChI is InChI=1S/C25H32N4O3/c30-22(26-15-9-18-28-16-5-2-6-17-28)13-8-19-29-24-21(12-7-14-27-24)32-23(25(29)31)20-10-3-1-4-11-20/h1,3-4,7,10-12,14,23H,2,5-6,8-9,13,15-19H2,(H,26,30)/t23-/m1/s1. The van der Waals surface area contributed by atoms with E-state index in [2.05, 4.69) is 15.2 Å². The predicted molar refractivity (Wildman–Crippen MR) is 124 cm³/mol. The summed E-state index contributed by atoms with van der Waals surface area (Å²) in [6.07, 6.45) is 6.80. The summed E-state index contributed by atoms with van der Waals surface area (Å²) >= 11 is 0.